The van der Waals surface area contributed by atoms with E-state index in [4.69, 9.17) is 17.0 Å². The van der Waals surface area contributed by atoms with Crippen molar-refractivity contribution in [1.29, 1.82) is 0 Å². The number of benzene rings is 1. The van der Waals surface area contributed by atoms with Crippen molar-refractivity contribution in [2.75, 3.05) is 0 Å². The number of carbonyl (C=O) groups is 1. The predicted octanol–water partition coefficient (Wildman–Crippen LogP) is 3.73. The Morgan fingerprint density at radius 2 is 2.21 bits per heavy atom. The minimum atomic E-state index is -0.162. The van der Waals surface area contributed by atoms with Gasteiger partial charge in [0.1, 0.15) is 10.1 Å². The molecular weight excluding hydrogens is 346 g/mol. The highest BCUT2D eigenvalue weighted by Crippen LogP contribution is 2.31. The van der Waals surface area contributed by atoms with Crippen LogP contribution in [0, 0.1) is 0 Å². The van der Waals surface area contributed by atoms with Crippen molar-refractivity contribution < 1.29 is 9.53 Å². The van der Waals surface area contributed by atoms with Crippen LogP contribution in [0.3, 0.4) is 0 Å². The van der Waals surface area contributed by atoms with Crippen molar-refractivity contribution in [3.8, 4) is 5.75 Å². The van der Waals surface area contributed by atoms with E-state index in [-0.39, 0.29) is 12.0 Å². The highest BCUT2D eigenvalue weighted by Gasteiger charge is 2.22. The van der Waals surface area contributed by atoms with Crippen LogP contribution in [0.15, 0.2) is 27.6 Å². The molecule has 2 rings (SSSR count). The molecule has 0 aliphatic carbocycles. The molecule has 0 saturated carbocycles. The molecule has 0 unspecified atom stereocenters. The van der Waals surface area contributed by atoms with Crippen LogP contribution in [0.1, 0.15) is 19.4 Å². The van der Waals surface area contributed by atoms with Gasteiger partial charge in [0.05, 0.1) is 11.0 Å². The molecule has 6 heteroatoms. The van der Waals surface area contributed by atoms with Gasteiger partial charge in [-0.25, -0.2) is 0 Å². The summed E-state index contributed by atoms with van der Waals surface area (Å²) in [5, 5.41) is 2.60. The zero-order valence-electron chi connectivity index (χ0n) is 10.4. The summed E-state index contributed by atoms with van der Waals surface area (Å²) in [5.74, 6) is 0.586. The van der Waals surface area contributed by atoms with E-state index in [0.717, 1.165) is 15.8 Å². The molecule has 1 aliphatic heterocycles. The van der Waals surface area contributed by atoms with E-state index >= 15 is 0 Å². The maximum absolute atomic E-state index is 11.7. The summed E-state index contributed by atoms with van der Waals surface area (Å²) in [4.78, 5) is 12.2. The van der Waals surface area contributed by atoms with Crippen molar-refractivity contribution in [2.24, 2.45) is 0 Å². The number of halogens is 1. The fraction of sp³-hybridized carbons (Fsp3) is 0.231. The van der Waals surface area contributed by atoms with E-state index in [1.807, 2.05) is 32.0 Å². The monoisotopic (exact) mass is 357 g/mol. The summed E-state index contributed by atoms with van der Waals surface area (Å²) in [5.41, 5.74) is 0.852. The molecular formula is C13H12BrNO2S2. The van der Waals surface area contributed by atoms with E-state index in [9.17, 15) is 4.79 Å². The zero-order chi connectivity index (χ0) is 14.0. The Balaban J connectivity index is 2.38. The quantitative estimate of drug-likeness (QED) is 0.660. The van der Waals surface area contributed by atoms with Crippen LogP contribution in [-0.4, -0.2) is 16.3 Å². The molecule has 19 heavy (non-hydrogen) atoms. The molecule has 0 spiro atoms. The summed E-state index contributed by atoms with van der Waals surface area (Å²) in [6.45, 7) is 3.93. The smallest absolute Gasteiger partial charge is 0.263 e. The van der Waals surface area contributed by atoms with Crippen molar-refractivity contribution in [3.05, 3.63) is 33.1 Å². The normalized spacial score (nSPS) is 17.2. The number of hydrogen-bond acceptors (Lipinski definition) is 4. The van der Waals surface area contributed by atoms with Crippen LogP contribution in [0.2, 0.25) is 0 Å². The second-order valence-corrected chi connectivity index (χ2v) is 6.84. The minimum Gasteiger partial charge on any atom is -0.490 e. The largest absolute Gasteiger partial charge is 0.490 e. The first kappa shape index (κ1) is 14.6. The first-order valence-corrected chi connectivity index (χ1v) is 7.68. The molecule has 1 aromatic carbocycles. The molecule has 1 aliphatic rings. The predicted molar refractivity (Wildman–Crippen MR) is 86.2 cm³/mol. The van der Waals surface area contributed by atoms with Gasteiger partial charge in [0.2, 0.25) is 0 Å². The van der Waals surface area contributed by atoms with E-state index in [0.29, 0.717) is 9.23 Å². The molecule has 1 heterocycles. The lowest BCUT2D eigenvalue weighted by atomic mass is 10.2. The average molecular weight is 358 g/mol. The van der Waals surface area contributed by atoms with Crippen molar-refractivity contribution >= 4 is 56.2 Å². The number of rotatable bonds is 3. The van der Waals surface area contributed by atoms with Crippen LogP contribution in [-0.2, 0) is 4.79 Å². The Morgan fingerprint density at radius 1 is 1.47 bits per heavy atom. The zero-order valence-corrected chi connectivity index (χ0v) is 13.6. The second kappa shape index (κ2) is 6.07. The summed E-state index contributed by atoms with van der Waals surface area (Å²) >= 11 is 9.65. The third kappa shape index (κ3) is 3.81. The van der Waals surface area contributed by atoms with Gasteiger partial charge >= 0.3 is 0 Å². The Hall–Kier alpha value is -0.850. The van der Waals surface area contributed by atoms with E-state index < -0.39 is 0 Å². The molecule has 0 atom stereocenters. The lowest BCUT2D eigenvalue weighted by molar-refractivity contribution is -0.115. The van der Waals surface area contributed by atoms with Crippen molar-refractivity contribution in [1.82, 2.24) is 5.32 Å². The Morgan fingerprint density at radius 3 is 2.79 bits per heavy atom. The summed E-state index contributed by atoms with van der Waals surface area (Å²) < 4.78 is 7.15. The maximum Gasteiger partial charge on any atom is 0.263 e. The number of amides is 1. The number of thioether (sulfide) groups is 1. The molecule has 100 valence electrons. The summed E-state index contributed by atoms with van der Waals surface area (Å²) in [6.07, 6.45) is 1.87. The van der Waals surface area contributed by atoms with Crippen LogP contribution >= 0.6 is 39.9 Å². The van der Waals surface area contributed by atoms with Gasteiger partial charge in [-0.1, -0.05) is 39.9 Å². The lowest BCUT2D eigenvalue weighted by Crippen LogP contribution is -2.17. The summed E-state index contributed by atoms with van der Waals surface area (Å²) in [6, 6.07) is 5.71. The highest BCUT2D eigenvalue weighted by molar-refractivity contribution is 9.10. The van der Waals surface area contributed by atoms with Gasteiger partial charge in [-0.3, -0.25) is 4.79 Å². The van der Waals surface area contributed by atoms with Gasteiger partial charge in [-0.05, 0) is 38.1 Å². The highest BCUT2D eigenvalue weighted by atomic mass is 79.9. The third-order valence-corrected chi connectivity index (χ3v) is 3.92. The number of ether oxygens (including phenoxy) is 1. The van der Waals surface area contributed by atoms with Crippen LogP contribution in [0.4, 0.5) is 0 Å². The molecule has 0 aromatic heterocycles. The van der Waals surface area contributed by atoms with Crippen LogP contribution in [0.25, 0.3) is 6.08 Å². The maximum atomic E-state index is 11.7. The van der Waals surface area contributed by atoms with Crippen LogP contribution < -0.4 is 10.1 Å². The molecule has 0 radical (unpaired) electrons. The molecule has 1 aromatic rings. The SMILES string of the molecule is CC(C)Oc1ccc(Br)cc1/C=C1\SC(=S)NC1=O. The lowest BCUT2D eigenvalue weighted by Gasteiger charge is -2.13. The Kier molecular flexibility index (Phi) is 4.65. The van der Waals surface area contributed by atoms with Gasteiger partial charge < -0.3 is 10.1 Å². The minimum absolute atomic E-state index is 0.0736. The van der Waals surface area contributed by atoms with Gasteiger partial charge in [0, 0.05) is 10.0 Å². The van der Waals surface area contributed by atoms with Gasteiger partial charge in [-0.15, -0.1) is 0 Å². The van der Waals surface area contributed by atoms with Crippen molar-refractivity contribution in [3.63, 3.8) is 0 Å². The number of hydrogen-bond donors (Lipinski definition) is 1. The molecule has 1 amide bonds. The van der Waals surface area contributed by atoms with E-state index in [1.165, 1.54) is 11.8 Å². The molecule has 1 saturated heterocycles. The molecule has 0 bridgehead atoms. The summed E-state index contributed by atoms with van der Waals surface area (Å²) in [7, 11) is 0. The average Bonchev–Trinajstić information content (AvgIpc) is 2.61. The van der Waals surface area contributed by atoms with Gasteiger partial charge in [0.25, 0.3) is 5.91 Å². The van der Waals surface area contributed by atoms with Gasteiger partial charge in [0.15, 0.2) is 0 Å². The number of carbonyl (C=O) groups excluding carboxylic acids is 1. The third-order valence-electron chi connectivity index (χ3n) is 2.26. The fourth-order valence-electron chi connectivity index (χ4n) is 1.56. The standard InChI is InChI=1S/C13H12BrNO2S2/c1-7(2)17-10-4-3-9(14)5-8(10)6-11-12(16)15-13(18)19-11/h3-7H,1-2H3,(H,15,16,18)/b11-6-. The Bertz CT molecular complexity index is 570. The van der Waals surface area contributed by atoms with Crippen molar-refractivity contribution in [2.45, 2.75) is 20.0 Å². The van der Waals surface area contributed by atoms with Gasteiger partial charge in [-0.2, -0.15) is 0 Å². The van der Waals surface area contributed by atoms with E-state index in [2.05, 4.69) is 21.2 Å². The fourth-order valence-corrected chi connectivity index (χ4v) is 2.97. The van der Waals surface area contributed by atoms with Crippen LogP contribution in [0.5, 0.6) is 5.75 Å². The first-order valence-electron chi connectivity index (χ1n) is 5.67. The molecule has 1 fully saturated rings. The first-order chi connectivity index (χ1) is 8.95. The molecule has 1 N–H and O–H groups in total. The van der Waals surface area contributed by atoms with E-state index in [1.54, 1.807) is 6.08 Å². The molecule has 3 nitrogen and oxygen atoms in total. The second-order valence-electron chi connectivity index (χ2n) is 4.20. The number of nitrogens with one attached hydrogen (secondary N) is 1. The topological polar surface area (TPSA) is 38.3 Å². The number of thiocarbonyl (C=S) groups is 1. The Labute approximate surface area is 129 Å².